The number of hydrogen-bond donors (Lipinski definition) is 0. The molecule has 0 aliphatic carbocycles. The number of rotatable bonds is 15. The number of amides is 1. The van der Waals surface area contributed by atoms with E-state index in [0.29, 0.717) is 29.8 Å². The largest absolute Gasteiger partial charge is 0.503 e. The summed E-state index contributed by atoms with van der Waals surface area (Å²) in [5.74, 6) is 0. The Morgan fingerprint density at radius 3 is 1.71 bits per heavy atom. The van der Waals surface area contributed by atoms with Gasteiger partial charge in [0.15, 0.2) is 8.24 Å². The summed E-state index contributed by atoms with van der Waals surface area (Å²) in [6.45, 7) is 23.4. The molecule has 6 nitrogen and oxygen atoms in total. The fourth-order valence-electron chi connectivity index (χ4n) is 4.61. The molecule has 0 N–H and O–H groups in total. The number of carbonyl (C=O) groups excluding carboxylic acids is 1. The molecule has 0 atom stereocenters. The van der Waals surface area contributed by atoms with Gasteiger partial charge in [-0.05, 0) is 35.9 Å². The van der Waals surface area contributed by atoms with Gasteiger partial charge in [0.1, 0.15) is 0 Å². The highest BCUT2D eigenvalue weighted by Crippen LogP contribution is 2.42. The van der Waals surface area contributed by atoms with Crippen LogP contribution >= 0.6 is 0 Å². The second-order valence-electron chi connectivity index (χ2n) is 10.4. The summed E-state index contributed by atoms with van der Waals surface area (Å²) in [5, 5.41) is 0. The van der Waals surface area contributed by atoms with E-state index < -0.39 is 25.4 Å². The van der Waals surface area contributed by atoms with Gasteiger partial charge in [-0.25, -0.2) is 4.79 Å². The number of unbranched alkanes of at least 4 members (excludes halogenated alkanes) is 1. The lowest BCUT2D eigenvalue weighted by Gasteiger charge is -2.44. The Bertz CT molecular complexity index is 498. The highest BCUT2D eigenvalue weighted by atomic mass is 28.4. The molecule has 0 unspecified atom stereocenters. The average Bonchev–Trinajstić information content (AvgIpc) is 2.66. The molecule has 31 heavy (non-hydrogen) atoms. The van der Waals surface area contributed by atoms with Crippen molar-refractivity contribution in [3.8, 4) is 0 Å². The van der Waals surface area contributed by atoms with Crippen LogP contribution in [0.3, 0.4) is 0 Å². The van der Waals surface area contributed by atoms with Gasteiger partial charge < -0.3 is 22.3 Å². The molecule has 0 heterocycles. The monoisotopic (exact) mass is 493 g/mol. The van der Waals surface area contributed by atoms with Crippen LogP contribution < -0.4 is 0 Å². The molecule has 9 heteroatoms. The molecule has 0 aromatic carbocycles. The Kier molecular flexibility index (Phi) is 13.4. The summed E-state index contributed by atoms with van der Waals surface area (Å²) in [6, 6.07) is 0.761. The Balaban J connectivity index is 5.31. The maximum atomic E-state index is 13.5. The zero-order valence-electron chi connectivity index (χ0n) is 22.5. The van der Waals surface area contributed by atoms with Crippen LogP contribution in [0.2, 0.25) is 42.3 Å². The lowest BCUT2D eigenvalue weighted by atomic mass is 10.3. The second-order valence-corrected chi connectivity index (χ2v) is 23.6. The Labute approximate surface area is 195 Å². The van der Waals surface area contributed by atoms with Crippen LogP contribution in [0.25, 0.3) is 0 Å². The molecule has 0 bridgehead atoms. The quantitative estimate of drug-likeness (QED) is 0.184. The maximum Gasteiger partial charge on any atom is 0.500 e. The first-order chi connectivity index (χ1) is 14.2. The fraction of sp³-hybridized carbons (Fsp3) is 0.955. The van der Waals surface area contributed by atoms with Gasteiger partial charge in [-0.3, -0.25) is 0 Å². The molecule has 186 valence electrons. The first-order valence-electron chi connectivity index (χ1n) is 12.0. The fourth-order valence-corrected chi connectivity index (χ4v) is 13.4. The van der Waals surface area contributed by atoms with E-state index >= 15 is 0 Å². The zero-order valence-corrected chi connectivity index (χ0v) is 25.5. The Morgan fingerprint density at radius 2 is 1.35 bits per heavy atom. The maximum absolute atomic E-state index is 13.5. The van der Waals surface area contributed by atoms with Crippen molar-refractivity contribution in [1.82, 2.24) is 4.57 Å². The van der Waals surface area contributed by atoms with Crippen LogP contribution in [0, 0.1) is 0 Å². The van der Waals surface area contributed by atoms with Crippen molar-refractivity contribution in [2.24, 2.45) is 0 Å². The summed E-state index contributed by atoms with van der Waals surface area (Å²) in [7, 11) is -3.41. The summed E-state index contributed by atoms with van der Waals surface area (Å²) >= 11 is 0. The smallest absolute Gasteiger partial charge is 0.500 e. The third-order valence-corrected chi connectivity index (χ3v) is 17.1. The van der Waals surface area contributed by atoms with E-state index in [9.17, 15) is 4.79 Å². The second kappa shape index (κ2) is 13.5. The molecule has 0 spiro atoms. The number of nitrogens with zero attached hydrogens (tertiary/aromatic N) is 1. The zero-order chi connectivity index (χ0) is 24.5. The number of hydrogen-bond acceptors (Lipinski definition) is 5. The summed E-state index contributed by atoms with van der Waals surface area (Å²) in [5.41, 5.74) is 1.14. The van der Waals surface area contributed by atoms with Crippen LogP contribution in [0.1, 0.15) is 67.7 Å². The molecule has 0 radical (unpaired) electrons. The standard InChI is InChI=1S/C22H51NO5Si3/c1-13-17-27-30(25-8,26-9)18-15-14-16-23(29(10,11)12)22(24)28-31(19(2)3,20(4)5)21(6)7/h19-21H,13-18H2,1-12H3. The van der Waals surface area contributed by atoms with E-state index in [4.69, 9.17) is 17.7 Å². The van der Waals surface area contributed by atoms with E-state index in [2.05, 4.69) is 68.1 Å². The minimum Gasteiger partial charge on any atom is -0.503 e. The highest BCUT2D eigenvalue weighted by molar-refractivity contribution is 6.80. The van der Waals surface area contributed by atoms with E-state index in [-0.39, 0.29) is 6.09 Å². The van der Waals surface area contributed by atoms with E-state index in [1.165, 1.54) is 0 Å². The predicted molar refractivity (Wildman–Crippen MR) is 138 cm³/mol. The van der Waals surface area contributed by atoms with Gasteiger partial charge in [0.2, 0.25) is 0 Å². The van der Waals surface area contributed by atoms with Gasteiger partial charge >= 0.3 is 14.9 Å². The molecule has 0 saturated heterocycles. The molecule has 1 amide bonds. The SMILES string of the molecule is CCCO[Si](CCCCN(C(=O)O[Si](C(C)C)(C(C)C)C(C)C)[Si](C)(C)C)(OC)OC. The third-order valence-electron chi connectivity index (χ3n) is 6.26. The third kappa shape index (κ3) is 8.58. The van der Waals surface area contributed by atoms with Crippen molar-refractivity contribution in [3.63, 3.8) is 0 Å². The van der Waals surface area contributed by atoms with E-state index in [1.807, 2.05) is 4.57 Å². The molecule has 0 saturated carbocycles. The van der Waals surface area contributed by atoms with Crippen molar-refractivity contribution in [3.05, 3.63) is 0 Å². The van der Waals surface area contributed by atoms with Crippen molar-refractivity contribution >= 4 is 31.5 Å². The minimum absolute atomic E-state index is 0.105. The van der Waals surface area contributed by atoms with Crippen molar-refractivity contribution in [1.29, 1.82) is 0 Å². The van der Waals surface area contributed by atoms with Crippen molar-refractivity contribution in [2.45, 2.75) is 110 Å². The predicted octanol–water partition coefficient (Wildman–Crippen LogP) is 6.87. The van der Waals surface area contributed by atoms with Crippen LogP contribution in [0.5, 0.6) is 0 Å². The van der Waals surface area contributed by atoms with Crippen LogP contribution in [-0.4, -0.2) is 63.4 Å². The van der Waals surface area contributed by atoms with Crippen LogP contribution in [0.15, 0.2) is 0 Å². The van der Waals surface area contributed by atoms with Crippen molar-refractivity contribution < 1.29 is 22.5 Å². The van der Waals surface area contributed by atoms with Gasteiger partial charge in [-0.2, -0.15) is 0 Å². The average molecular weight is 494 g/mol. The van der Waals surface area contributed by atoms with Gasteiger partial charge in [-0.15, -0.1) is 0 Å². The lowest BCUT2D eigenvalue weighted by Crippen LogP contribution is -2.56. The minimum atomic E-state index is -2.61. The normalized spacial score (nSPS) is 13.4. The summed E-state index contributed by atoms with van der Waals surface area (Å²) in [6.07, 6.45) is 2.61. The molecule has 0 rings (SSSR count). The number of carbonyl (C=O) groups is 1. The van der Waals surface area contributed by atoms with E-state index in [1.54, 1.807) is 14.2 Å². The molecule has 0 fully saturated rings. The van der Waals surface area contributed by atoms with E-state index in [0.717, 1.165) is 25.3 Å². The summed E-state index contributed by atoms with van der Waals surface area (Å²) < 4.78 is 25.8. The van der Waals surface area contributed by atoms with Gasteiger partial charge in [-0.1, -0.05) is 68.1 Å². The molecule has 0 aliphatic rings. The van der Waals surface area contributed by atoms with Crippen LogP contribution in [-0.2, 0) is 17.7 Å². The summed E-state index contributed by atoms with van der Waals surface area (Å²) in [4.78, 5) is 13.5. The topological polar surface area (TPSA) is 57.2 Å². The lowest BCUT2D eigenvalue weighted by molar-refractivity contribution is 0.0975. The molecule has 0 aromatic rings. The Hall–Kier alpha value is -0.199. The van der Waals surface area contributed by atoms with Gasteiger partial charge in [0, 0.05) is 33.4 Å². The van der Waals surface area contributed by atoms with Gasteiger partial charge in [0.25, 0.3) is 8.32 Å². The molecule has 0 aromatic heterocycles. The van der Waals surface area contributed by atoms with Crippen molar-refractivity contribution in [2.75, 3.05) is 27.4 Å². The highest BCUT2D eigenvalue weighted by Gasteiger charge is 2.49. The Morgan fingerprint density at radius 1 is 0.871 bits per heavy atom. The molecular weight excluding hydrogens is 443 g/mol. The van der Waals surface area contributed by atoms with Crippen LogP contribution in [0.4, 0.5) is 4.79 Å². The first-order valence-corrected chi connectivity index (χ1v) is 19.5. The first kappa shape index (κ1) is 30.8. The molecular formula is C22H51NO5Si3. The molecule has 0 aliphatic heterocycles. The van der Waals surface area contributed by atoms with Gasteiger partial charge in [0.05, 0.1) is 0 Å².